The van der Waals surface area contributed by atoms with Crippen molar-refractivity contribution in [2.45, 2.75) is 15.8 Å². The maximum atomic E-state index is 12.5. The molecule has 0 aliphatic carbocycles. The second-order valence-electron chi connectivity index (χ2n) is 5.17. The summed E-state index contributed by atoms with van der Waals surface area (Å²) in [7, 11) is -4.48. The van der Waals surface area contributed by atoms with E-state index in [0.29, 0.717) is 4.58 Å². The maximum Gasteiger partial charge on any atom is 0.573 e. The lowest BCUT2D eigenvalue weighted by Crippen LogP contribution is -2.20. The lowest BCUT2D eigenvalue weighted by Gasteiger charge is -2.14. The number of alkyl halides is 3. The van der Waals surface area contributed by atoms with Gasteiger partial charge in [0.2, 0.25) is 0 Å². The fourth-order valence-corrected chi connectivity index (χ4v) is 6.18. The van der Waals surface area contributed by atoms with E-state index >= 15 is 0 Å². The van der Waals surface area contributed by atoms with Crippen LogP contribution < -0.4 is 8.92 Å². The van der Waals surface area contributed by atoms with Gasteiger partial charge in [-0.15, -0.1) is 36.7 Å². The quantitative estimate of drug-likeness (QED) is 0.644. The van der Waals surface area contributed by atoms with Crippen LogP contribution in [0, 0.1) is 0 Å². The van der Waals surface area contributed by atoms with Crippen LogP contribution in [0.5, 0.6) is 11.5 Å². The summed E-state index contributed by atoms with van der Waals surface area (Å²) in [6.45, 7) is 0. The summed E-state index contributed by atoms with van der Waals surface area (Å²) >= 11 is 3.60. The third kappa shape index (κ3) is 4.80. The van der Waals surface area contributed by atoms with Crippen LogP contribution in [0.4, 0.5) is 13.2 Å². The minimum Gasteiger partial charge on any atom is -0.404 e. The van der Waals surface area contributed by atoms with Crippen LogP contribution in [-0.4, -0.2) is 26.3 Å². The zero-order valence-corrected chi connectivity index (χ0v) is 15.6. The number of thioether (sulfide) groups is 2. The largest absolute Gasteiger partial charge is 0.573 e. The highest BCUT2D eigenvalue weighted by molar-refractivity contribution is 8.19. The molecule has 0 spiro atoms. The van der Waals surface area contributed by atoms with Gasteiger partial charge >= 0.3 is 16.5 Å². The van der Waals surface area contributed by atoms with Gasteiger partial charge in [0.05, 0.1) is 4.58 Å². The summed E-state index contributed by atoms with van der Waals surface area (Å²) in [5.74, 6) is 1.29. The highest BCUT2D eigenvalue weighted by Crippen LogP contribution is 2.45. The molecule has 3 rings (SSSR count). The Morgan fingerprint density at radius 3 is 2.19 bits per heavy atom. The van der Waals surface area contributed by atoms with Crippen molar-refractivity contribution in [1.82, 2.24) is 0 Å². The molecule has 0 radical (unpaired) electrons. The van der Waals surface area contributed by atoms with Gasteiger partial charge in [-0.1, -0.05) is 24.3 Å². The molecule has 0 saturated carbocycles. The van der Waals surface area contributed by atoms with Gasteiger partial charge in [0, 0.05) is 11.5 Å². The van der Waals surface area contributed by atoms with Crippen molar-refractivity contribution >= 4 is 33.6 Å². The smallest absolute Gasteiger partial charge is 0.404 e. The van der Waals surface area contributed by atoms with Crippen LogP contribution in [0.3, 0.4) is 0 Å². The molecule has 0 amide bonds. The average molecular weight is 422 g/mol. The van der Waals surface area contributed by atoms with Gasteiger partial charge in [-0.25, -0.2) is 0 Å². The zero-order chi connectivity index (χ0) is 18.8. The fourth-order valence-electron chi connectivity index (χ4n) is 2.27. The van der Waals surface area contributed by atoms with Crippen LogP contribution in [0.2, 0.25) is 0 Å². The maximum absolute atomic E-state index is 12.5. The topological polar surface area (TPSA) is 52.6 Å². The van der Waals surface area contributed by atoms with Crippen molar-refractivity contribution in [2.24, 2.45) is 0 Å². The van der Waals surface area contributed by atoms with Crippen molar-refractivity contribution in [2.75, 3.05) is 11.5 Å². The molecule has 1 fully saturated rings. The summed E-state index contributed by atoms with van der Waals surface area (Å²) in [5, 5.41) is 0. The number of para-hydroxylation sites is 1. The molecule has 140 valence electrons. The normalized spacial score (nSPS) is 15.8. The standard InChI is InChI=1S/C16H13F3O4S3/c17-16(18,19)22-13-3-1-2-4-14(13)26(20,21)23-12-7-5-11(6-8-12)15-24-9-10-25-15/h1-8,15H,9-10H2. The summed E-state index contributed by atoms with van der Waals surface area (Å²) in [6.07, 6.45) is -5.01. The van der Waals surface area contributed by atoms with E-state index in [-0.39, 0.29) is 5.75 Å². The van der Waals surface area contributed by atoms with Crippen LogP contribution in [0.25, 0.3) is 0 Å². The SMILES string of the molecule is O=S(=O)(Oc1ccc(C2SCCS2)cc1)c1ccccc1OC(F)(F)F. The summed E-state index contributed by atoms with van der Waals surface area (Å²) in [5.41, 5.74) is 1.03. The van der Waals surface area contributed by atoms with Crippen molar-refractivity contribution in [3.05, 3.63) is 54.1 Å². The first-order valence-electron chi connectivity index (χ1n) is 7.37. The Kier molecular flexibility index (Phi) is 5.64. The summed E-state index contributed by atoms with van der Waals surface area (Å²) in [4.78, 5) is -0.691. The second-order valence-corrected chi connectivity index (χ2v) is 9.41. The number of halogens is 3. The Balaban J connectivity index is 1.81. The highest BCUT2D eigenvalue weighted by atomic mass is 32.2. The minimum absolute atomic E-state index is 0.0172. The van der Waals surface area contributed by atoms with E-state index in [9.17, 15) is 21.6 Å². The molecule has 0 atom stereocenters. The van der Waals surface area contributed by atoms with E-state index in [2.05, 4.69) is 4.74 Å². The molecule has 0 unspecified atom stereocenters. The molecule has 0 N–H and O–H groups in total. The minimum atomic E-state index is -5.01. The van der Waals surface area contributed by atoms with Crippen molar-refractivity contribution < 1.29 is 30.5 Å². The Labute approximate surface area is 157 Å². The number of rotatable bonds is 5. The zero-order valence-electron chi connectivity index (χ0n) is 13.1. The first-order chi connectivity index (χ1) is 12.2. The van der Waals surface area contributed by atoms with E-state index in [0.717, 1.165) is 29.2 Å². The lowest BCUT2D eigenvalue weighted by molar-refractivity contribution is -0.275. The van der Waals surface area contributed by atoms with Gasteiger partial charge in [-0.3, -0.25) is 0 Å². The Bertz CT molecular complexity index is 861. The van der Waals surface area contributed by atoms with E-state index in [4.69, 9.17) is 4.18 Å². The predicted molar refractivity (Wildman–Crippen MR) is 95.0 cm³/mol. The summed E-state index contributed by atoms with van der Waals surface area (Å²) < 4.78 is 71.2. The third-order valence-corrected chi connectivity index (χ3v) is 7.72. The molecule has 1 saturated heterocycles. The van der Waals surface area contributed by atoms with E-state index in [1.54, 1.807) is 35.7 Å². The van der Waals surface area contributed by atoms with Gasteiger partial charge in [-0.05, 0) is 29.8 Å². The van der Waals surface area contributed by atoms with Crippen LogP contribution in [0.15, 0.2) is 53.4 Å². The monoisotopic (exact) mass is 422 g/mol. The Morgan fingerprint density at radius 1 is 0.962 bits per heavy atom. The van der Waals surface area contributed by atoms with Crippen LogP contribution in [-0.2, 0) is 10.1 Å². The molecule has 26 heavy (non-hydrogen) atoms. The number of hydrogen-bond acceptors (Lipinski definition) is 6. The fraction of sp³-hybridized carbons (Fsp3) is 0.250. The van der Waals surface area contributed by atoms with Crippen molar-refractivity contribution in [3.8, 4) is 11.5 Å². The number of benzene rings is 2. The van der Waals surface area contributed by atoms with Gasteiger partial charge < -0.3 is 8.92 Å². The number of hydrogen-bond donors (Lipinski definition) is 0. The molecule has 0 aromatic heterocycles. The van der Waals surface area contributed by atoms with E-state index in [1.807, 2.05) is 0 Å². The van der Waals surface area contributed by atoms with Crippen molar-refractivity contribution in [3.63, 3.8) is 0 Å². The van der Waals surface area contributed by atoms with Crippen LogP contribution in [0.1, 0.15) is 10.1 Å². The van der Waals surface area contributed by atoms with Gasteiger partial charge in [-0.2, -0.15) is 8.42 Å². The Morgan fingerprint density at radius 2 is 1.58 bits per heavy atom. The van der Waals surface area contributed by atoms with Gasteiger partial charge in [0.1, 0.15) is 10.6 Å². The summed E-state index contributed by atoms with van der Waals surface area (Å²) in [6, 6.07) is 10.9. The molecule has 10 heteroatoms. The predicted octanol–water partition coefficient (Wildman–Crippen LogP) is 4.83. The van der Waals surface area contributed by atoms with Crippen molar-refractivity contribution in [1.29, 1.82) is 0 Å². The lowest BCUT2D eigenvalue weighted by atomic mass is 10.2. The first-order valence-corrected chi connectivity index (χ1v) is 10.9. The Hall–Kier alpha value is -1.52. The van der Waals surface area contributed by atoms with Crippen LogP contribution >= 0.6 is 23.5 Å². The van der Waals surface area contributed by atoms with Gasteiger partial charge in [0.15, 0.2) is 5.75 Å². The molecular weight excluding hydrogens is 409 g/mol. The average Bonchev–Trinajstić information content (AvgIpc) is 3.08. The first kappa shape index (κ1) is 19.2. The van der Waals surface area contributed by atoms with E-state index < -0.39 is 27.1 Å². The molecule has 1 aliphatic heterocycles. The molecule has 2 aromatic carbocycles. The highest BCUT2D eigenvalue weighted by Gasteiger charge is 2.34. The molecule has 2 aromatic rings. The number of ether oxygens (including phenoxy) is 1. The van der Waals surface area contributed by atoms with Gasteiger partial charge in [0.25, 0.3) is 0 Å². The molecular formula is C16H13F3O4S3. The second kappa shape index (κ2) is 7.61. The molecule has 0 bridgehead atoms. The molecule has 1 heterocycles. The molecule has 4 nitrogen and oxygen atoms in total. The van der Waals surface area contributed by atoms with E-state index in [1.165, 1.54) is 24.3 Å². The third-order valence-electron chi connectivity index (χ3n) is 3.32. The molecule has 1 aliphatic rings.